The van der Waals surface area contributed by atoms with Crippen LogP contribution >= 0.6 is 0 Å². The minimum atomic E-state index is 0.250. The van der Waals surface area contributed by atoms with E-state index in [9.17, 15) is 0 Å². The molecule has 1 aromatic rings. The molecule has 0 aliphatic heterocycles. The van der Waals surface area contributed by atoms with E-state index in [2.05, 4.69) is 29.6 Å². The summed E-state index contributed by atoms with van der Waals surface area (Å²) in [6.45, 7) is 1.82. The molecule has 1 unspecified atom stereocenters. The van der Waals surface area contributed by atoms with Crippen LogP contribution in [0.25, 0.3) is 0 Å². The van der Waals surface area contributed by atoms with Crippen molar-refractivity contribution in [2.75, 3.05) is 19.7 Å². The summed E-state index contributed by atoms with van der Waals surface area (Å²) in [7, 11) is 0. The number of aliphatic hydroxyl groups is 1. The summed E-state index contributed by atoms with van der Waals surface area (Å²) in [6, 6.07) is 8.91. The van der Waals surface area contributed by atoms with Crippen molar-refractivity contribution in [2.45, 2.75) is 37.6 Å². The van der Waals surface area contributed by atoms with Crippen LogP contribution in [0.15, 0.2) is 24.3 Å². The van der Waals surface area contributed by atoms with Crippen molar-refractivity contribution in [3.05, 3.63) is 35.4 Å². The quantitative estimate of drug-likeness (QED) is 0.616. The Kier molecular flexibility index (Phi) is 5.17. The lowest BCUT2D eigenvalue weighted by Gasteiger charge is -2.20. The Labute approximate surface area is 109 Å². The Balaban J connectivity index is 1.98. The molecule has 4 N–H and O–H groups in total. The molecule has 1 fully saturated rings. The van der Waals surface area contributed by atoms with Gasteiger partial charge >= 0.3 is 0 Å². The van der Waals surface area contributed by atoms with E-state index in [1.807, 2.05) is 0 Å². The maximum Gasteiger partial charge on any atom is 0.0447 e. The third-order valence-electron chi connectivity index (χ3n) is 3.60. The second-order valence-electron chi connectivity index (χ2n) is 5.08. The predicted molar refractivity (Wildman–Crippen MR) is 74.5 cm³/mol. The summed E-state index contributed by atoms with van der Waals surface area (Å²) < 4.78 is 0. The van der Waals surface area contributed by atoms with Gasteiger partial charge in [-0.05, 0) is 49.3 Å². The molecule has 1 aliphatic carbocycles. The molecule has 3 heteroatoms. The van der Waals surface area contributed by atoms with E-state index in [1.54, 1.807) is 0 Å². The highest BCUT2D eigenvalue weighted by Crippen LogP contribution is 2.42. The first-order valence-electron chi connectivity index (χ1n) is 7.00. The van der Waals surface area contributed by atoms with E-state index < -0.39 is 0 Å². The molecule has 2 rings (SSSR count). The van der Waals surface area contributed by atoms with Gasteiger partial charge in [0.15, 0.2) is 0 Å². The SMILES string of the molecule is NCC(NCCCCO)c1ccccc1C1CC1. The zero-order valence-electron chi connectivity index (χ0n) is 10.9. The van der Waals surface area contributed by atoms with Crippen LogP contribution < -0.4 is 11.1 Å². The van der Waals surface area contributed by atoms with Crippen molar-refractivity contribution in [1.29, 1.82) is 0 Å². The van der Waals surface area contributed by atoms with Crippen molar-refractivity contribution in [2.24, 2.45) is 5.73 Å². The first-order valence-corrected chi connectivity index (χ1v) is 7.00. The molecule has 18 heavy (non-hydrogen) atoms. The molecule has 1 atom stereocenters. The van der Waals surface area contributed by atoms with E-state index in [1.165, 1.54) is 24.0 Å². The highest BCUT2D eigenvalue weighted by Gasteiger charge is 2.27. The van der Waals surface area contributed by atoms with Crippen LogP contribution in [-0.2, 0) is 0 Å². The van der Waals surface area contributed by atoms with Gasteiger partial charge in [0.1, 0.15) is 0 Å². The summed E-state index contributed by atoms with van der Waals surface area (Å²) in [4.78, 5) is 0. The molecule has 1 aliphatic rings. The van der Waals surface area contributed by atoms with Gasteiger partial charge in [-0.3, -0.25) is 0 Å². The normalized spacial score (nSPS) is 16.8. The van der Waals surface area contributed by atoms with Crippen LogP contribution in [0.5, 0.6) is 0 Å². The number of hydrogen-bond acceptors (Lipinski definition) is 3. The zero-order valence-corrected chi connectivity index (χ0v) is 10.9. The van der Waals surface area contributed by atoms with Crippen molar-refractivity contribution in [3.8, 4) is 0 Å². The molecule has 1 saturated carbocycles. The molecule has 0 heterocycles. The lowest BCUT2D eigenvalue weighted by atomic mass is 9.97. The first-order chi connectivity index (χ1) is 8.86. The number of hydrogen-bond donors (Lipinski definition) is 3. The van der Waals surface area contributed by atoms with Crippen LogP contribution in [0.2, 0.25) is 0 Å². The maximum absolute atomic E-state index is 8.78. The fraction of sp³-hybridized carbons (Fsp3) is 0.600. The minimum Gasteiger partial charge on any atom is -0.396 e. The monoisotopic (exact) mass is 248 g/mol. The lowest BCUT2D eigenvalue weighted by molar-refractivity contribution is 0.282. The molecule has 0 aromatic heterocycles. The average Bonchev–Trinajstić information content (AvgIpc) is 3.24. The Bertz CT molecular complexity index is 363. The van der Waals surface area contributed by atoms with E-state index in [-0.39, 0.29) is 12.6 Å². The number of aliphatic hydroxyl groups excluding tert-OH is 1. The largest absolute Gasteiger partial charge is 0.396 e. The van der Waals surface area contributed by atoms with Gasteiger partial charge in [0.05, 0.1) is 0 Å². The molecule has 100 valence electrons. The van der Waals surface area contributed by atoms with Crippen molar-refractivity contribution < 1.29 is 5.11 Å². The summed E-state index contributed by atoms with van der Waals surface area (Å²) in [5.74, 6) is 0.759. The van der Waals surface area contributed by atoms with E-state index >= 15 is 0 Å². The van der Waals surface area contributed by atoms with Gasteiger partial charge in [0, 0.05) is 19.2 Å². The van der Waals surface area contributed by atoms with Gasteiger partial charge < -0.3 is 16.2 Å². The van der Waals surface area contributed by atoms with Crippen LogP contribution in [0.4, 0.5) is 0 Å². The van der Waals surface area contributed by atoms with Gasteiger partial charge in [-0.2, -0.15) is 0 Å². The van der Waals surface area contributed by atoms with Crippen molar-refractivity contribution >= 4 is 0 Å². The molecule has 1 aromatic carbocycles. The summed E-state index contributed by atoms with van der Waals surface area (Å²) >= 11 is 0. The van der Waals surface area contributed by atoms with Gasteiger partial charge in [-0.1, -0.05) is 24.3 Å². The van der Waals surface area contributed by atoms with Gasteiger partial charge in [-0.25, -0.2) is 0 Å². The molecule has 0 radical (unpaired) electrons. The fourth-order valence-corrected chi connectivity index (χ4v) is 2.43. The molecule has 0 spiro atoms. The molecule has 3 nitrogen and oxygen atoms in total. The smallest absolute Gasteiger partial charge is 0.0447 e. The van der Waals surface area contributed by atoms with Crippen LogP contribution in [-0.4, -0.2) is 24.8 Å². The second-order valence-corrected chi connectivity index (χ2v) is 5.08. The van der Waals surface area contributed by atoms with Gasteiger partial charge in [0.2, 0.25) is 0 Å². The Morgan fingerprint density at radius 3 is 2.72 bits per heavy atom. The Morgan fingerprint density at radius 1 is 1.28 bits per heavy atom. The van der Waals surface area contributed by atoms with E-state index in [4.69, 9.17) is 10.8 Å². The second kappa shape index (κ2) is 6.88. The van der Waals surface area contributed by atoms with Crippen LogP contribution in [0, 0.1) is 0 Å². The zero-order chi connectivity index (χ0) is 12.8. The van der Waals surface area contributed by atoms with Crippen LogP contribution in [0.1, 0.15) is 48.8 Å². The van der Waals surface area contributed by atoms with Gasteiger partial charge in [0.25, 0.3) is 0 Å². The molecular weight excluding hydrogens is 224 g/mol. The highest BCUT2D eigenvalue weighted by atomic mass is 16.2. The maximum atomic E-state index is 8.78. The number of rotatable bonds is 8. The van der Waals surface area contributed by atoms with Crippen LogP contribution in [0.3, 0.4) is 0 Å². The third kappa shape index (κ3) is 3.55. The lowest BCUT2D eigenvalue weighted by Crippen LogP contribution is -2.29. The standard InChI is InChI=1S/C15H24N2O/c16-11-15(17-9-3-4-10-18)14-6-2-1-5-13(14)12-7-8-12/h1-2,5-6,12,15,17-18H,3-4,7-11,16H2. The number of benzene rings is 1. The van der Waals surface area contributed by atoms with Crippen molar-refractivity contribution in [1.82, 2.24) is 5.32 Å². The Hall–Kier alpha value is -0.900. The average molecular weight is 248 g/mol. The van der Waals surface area contributed by atoms with Crippen molar-refractivity contribution in [3.63, 3.8) is 0 Å². The van der Waals surface area contributed by atoms with E-state index in [0.717, 1.165) is 25.3 Å². The third-order valence-corrected chi connectivity index (χ3v) is 3.60. The topological polar surface area (TPSA) is 58.3 Å². The van der Waals surface area contributed by atoms with E-state index in [0.29, 0.717) is 6.54 Å². The number of nitrogens with two attached hydrogens (primary N) is 1. The summed E-state index contributed by atoms with van der Waals surface area (Å²) in [5, 5.41) is 12.3. The summed E-state index contributed by atoms with van der Waals surface area (Å²) in [5.41, 5.74) is 8.74. The number of unbranched alkanes of at least 4 members (excludes halogenated alkanes) is 1. The summed E-state index contributed by atoms with van der Waals surface area (Å²) in [6.07, 6.45) is 4.49. The fourth-order valence-electron chi connectivity index (χ4n) is 2.43. The molecule has 0 bridgehead atoms. The minimum absolute atomic E-state index is 0.250. The van der Waals surface area contributed by atoms with Gasteiger partial charge in [-0.15, -0.1) is 0 Å². The molecular formula is C15H24N2O. The first kappa shape index (κ1) is 13.5. The highest BCUT2D eigenvalue weighted by molar-refractivity contribution is 5.35. The predicted octanol–water partition coefficient (Wildman–Crippen LogP) is 1.93. The number of nitrogens with one attached hydrogen (secondary N) is 1. The Morgan fingerprint density at radius 2 is 2.06 bits per heavy atom. The molecule has 0 amide bonds. The molecule has 0 saturated heterocycles.